The summed E-state index contributed by atoms with van der Waals surface area (Å²) in [6.07, 6.45) is 3.43. The monoisotopic (exact) mass is 321 g/mol. The third-order valence-corrected chi connectivity index (χ3v) is 4.33. The second-order valence-electron chi connectivity index (χ2n) is 6.44. The van der Waals surface area contributed by atoms with E-state index in [0.717, 1.165) is 26.1 Å². The molecule has 0 bridgehead atoms. The molecule has 0 saturated carbocycles. The first-order valence-electron chi connectivity index (χ1n) is 8.10. The van der Waals surface area contributed by atoms with Gasteiger partial charge >= 0.3 is 5.97 Å². The third kappa shape index (κ3) is 4.42. The van der Waals surface area contributed by atoms with Gasteiger partial charge in [0.15, 0.2) is 0 Å². The van der Waals surface area contributed by atoms with Gasteiger partial charge in [0.1, 0.15) is 11.4 Å². The zero-order chi connectivity index (χ0) is 16.9. The molecular weight excluding hydrogens is 294 g/mol. The normalized spacial score (nSPS) is 17.3. The number of pyridine rings is 1. The van der Waals surface area contributed by atoms with Crippen LogP contribution >= 0.6 is 0 Å². The van der Waals surface area contributed by atoms with Crippen LogP contribution in [0, 0.1) is 0 Å². The molecule has 6 heteroatoms. The predicted octanol–water partition coefficient (Wildman–Crippen LogP) is 2.17. The van der Waals surface area contributed by atoms with Crippen LogP contribution < -0.4 is 5.32 Å². The van der Waals surface area contributed by atoms with E-state index in [4.69, 9.17) is 9.47 Å². The number of carbonyl (C=O) groups is 1. The molecule has 0 atom stereocenters. The van der Waals surface area contributed by atoms with Crippen LogP contribution in [-0.2, 0) is 9.47 Å². The number of aromatic nitrogens is 1. The molecule has 0 spiro atoms. The lowest BCUT2D eigenvalue weighted by atomic mass is 9.88. The smallest absolute Gasteiger partial charge is 0.342 e. The molecule has 128 valence electrons. The Kier molecular flexibility index (Phi) is 5.96. The minimum atomic E-state index is -0.346. The molecule has 1 fully saturated rings. The van der Waals surface area contributed by atoms with Crippen molar-refractivity contribution < 1.29 is 14.3 Å². The van der Waals surface area contributed by atoms with Gasteiger partial charge in [0.05, 0.1) is 6.10 Å². The second kappa shape index (κ2) is 7.75. The van der Waals surface area contributed by atoms with E-state index in [2.05, 4.69) is 29.3 Å². The maximum absolute atomic E-state index is 12.2. The van der Waals surface area contributed by atoms with Crippen LogP contribution in [0.2, 0.25) is 0 Å². The fourth-order valence-electron chi connectivity index (χ4n) is 2.77. The van der Waals surface area contributed by atoms with Gasteiger partial charge in [-0.3, -0.25) is 0 Å². The zero-order valence-corrected chi connectivity index (χ0v) is 14.5. The van der Waals surface area contributed by atoms with E-state index in [1.165, 1.54) is 0 Å². The molecular formula is C17H27N3O3. The summed E-state index contributed by atoms with van der Waals surface area (Å²) in [5.74, 6) is 0.229. The van der Waals surface area contributed by atoms with Crippen molar-refractivity contribution in [1.82, 2.24) is 9.88 Å². The molecule has 1 saturated heterocycles. The number of nitrogens with one attached hydrogen (secondary N) is 1. The minimum Gasteiger partial charge on any atom is -0.459 e. The van der Waals surface area contributed by atoms with E-state index in [1.54, 1.807) is 18.3 Å². The van der Waals surface area contributed by atoms with E-state index in [9.17, 15) is 4.79 Å². The van der Waals surface area contributed by atoms with Crippen LogP contribution in [0.4, 0.5) is 5.82 Å². The number of nitrogens with zero attached hydrogens (tertiary/aromatic N) is 2. The molecule has 2 rings (SSSR count). The molecule has 0 aliphatic carbocycles. The van der Waals surface area contributed by atoms with E-state index in [-0.39, 0.29) is 17.6 Å². The van der Waals surface area contributed by atoms with E-state index < -0.39 is 0 Å². The molecule has 0 unspecified atom stereocenters. The predicted molar refractivity (Wildman–Crippen MR) is 89.7 cm³/mol. The molecule has 1 aliphatic heterocycles. The van der Waals surface area contributed by atoms with Gasteiger partial charge < -0.3 is 19.7 Å². The van der Waals surface area contributed by atoms with E-state index in [0.29, 0.717) is 17.9 Å². The highest BCUT2D eigenvalue weighted by atomic mass is 16.5. The summed E-state index contributed by atoms with van der Waals surface area (Å²) in [6.45, 7) is 5.89. The summed E-state index contributed by atoms with van der Waals surface area (Å²) in [5.41, 5.74) is 0.483. The Morgan fingerprint density at radius 1 is 1.43 bits per heavy atom. The minimum absolute atomic E-state index is 0.00892. The molecule has 1 aromatic rings. The molecule has 0 amide bonds. The zero-order valence-electron chi connectivity index (χ0n) is 14.5. The summed E-state index contributed by atoms with van der Waals surface area (Å²) in [7, 11) is 4.17. The Bertz CT molecular complexity index is 526. The maximum Gasteiger partial charge on any atom is 0.342 e. The topological polar surface area (TPSA) is 63.7 Å². The van der Waals surface area contributed by atoms with Crippen molar-refractivity contribution in [3.8, 4) is 0 Å². The van der Waals surface area contributed by atoms with Crippen molar-refractivity contribution in [2.24, 2.45) is 0 Å². The van der Waals surface area contributed by atoms with Crippen LogP contribution in [0.5, 0.6) is 0 Å². The fraction of sp³-hybridized carbons (Fsp3) is 0.647. The fourth-order valence-corrected chi connectivity index (χ4v) is 2.77. The molecule has 0 aromatic carbocycles. The van der Waals surface area contributed by atoms with Crippen LogP contribution in [0.1, 0.15) is 37.0 Å². The van der Waals surface area contributed by atoms with Crippen molar-refractivity contribution in [3.05, 3.63) is 23.9 Å². The Morgan fingerprint density at radius 3 is 2.74 bits per heavy atom. The van der Waals surface area contributed by atoms with Gasteiger partial charge in [0.25, 0.3) is 0 Å². The lowest BCUT2D eigenvalue weighted by Crippen LogP contribution is -2.53. The Hall–Kier alpha value is -1.66. The Labute approximate surface area is 138 Å². The summed E-state index contributed by atoms with van der Waals surface area (Å²) >= 11 is 0. The van der Waals surface area contributed by atoms with E-state index in [1.807, 2.05) is 13.8 Å². The Balaban J connectivity index is 2.12. The van der Waals surface area contributed by atoms with Crippen molar-refractivity contribution in [2.75, 3.05) is 39.2 Å². The quantitative estimate of drug-likeness (QED) is 0.810. The van der Waals surface area contributed by atoms with Crippen molar-refractivity contribution in [3.63, 3.8) is 0 Å². The van der Waals surface area contributed by atoms with E-state index >= 15 is 0 Å². The van der Waals surface area contributed by atoms with Crippen LogP contribution in [-0.4, -0.2) is 61.3 Å². The number of hydrogen-bond acceptors (Lipinski definition) is 6. The van der Waals surface area contributed by atoms with Gasteiger partial charge in [-0.15, -0.1) is 0 Å². The lowest BCUT2D eigenvalue weighted by Gasteiger charge is -2.43. The maximum atomic E-state index is 12.2. The average Bonchev–Trinajstić information content (AvgIpc) is 2.53. The number of carbonyl (C=O) groups excluding carboxylic acids is 1. The van der Waals surface area contributed by atoms with Gasteiger partial charge in [-0.1, -0.05) is 0 Å². The van der Waals surface area contributed by atoms with Crippen LogP contribution in [0.15, 0.2) is 18.3 Å². The molecule has 1 aromatic heterocycles. The lowest BCUT2D eigenvalue weighted by molar-refractivity contribution is -0.000706. The highest BCUT2D eigenvalue weighted by Gasteiger charge is 2.35. The molecule has 1 aliphatic rings. The number of rotatable bonds is 6. The second-order valence-corrected chi connectivity index (χ2v) is 6.44. The van der Waals surface area contributed by atoms with Gasteiger partial charge in [0, 0.05) is 31.5 Å². The number of hydrogen-bond donors (Lipinski definition) is 1. The molecule has 0 radical (unpaired) electrons. The van der Waals surface area contributed by atoms with Crippen molar-refractivity contribution in [2.45, 2.75) is 38.3 Å². The highest BCUT2D eigenvalue weighted by Crippen LogP contribution is 2.27. The van der Waals surface area contributed by atoms with Gasteiger partial charge in [-0.2, -0.15) is 0 Å². The van der Waals surface area contributed by atoms with Gasteiger partial charge in [-0.05, 0) is 52.9 Å². The first-order chi connectivity index (χ1) is 10.9. The summed E-state index contributed by atoms with van der Waals surface area (Å²) in [4.78, 5) is 18.8. The first kappa shape index (κ1) is 17.7. The number of esters is 1. The first-order valence-corrected chi connectivity index (χ1v) is 8.10. The third-order valence-electron chi connectivity index (χ3n) is 4.33. The van der Waals surface area contributed by atoms with Crippen LogP contribution in [0.25, 0.3) is 0 Å². The summed E-state index contributed by atoms with van der Waals surface area (Å²) < 4.78 is 10.8. The molecule has 6 nitrogen and oxygen atoms in total. The summed E-state index contributed by atoms with van der Waals surface area (Å²) in [5, 5.41) is 3.35. The van der Waals surface area contributed by atoms with Gasteiger partial charge in [0.2, 0.25) is 0 Å². The molecule has 2 heterocycles. The number of anilines is 1. The van der Waals surface area contributed by atoms with Crippen molar-refractivity contribution >= 4 is 11.8 Å². The molecule has 1 N–H and O–H groups in total. The average molecular weight is 321 g/mol. The van der Waals surface area contributed by atoms with Crippen molar-refractivity contribution in [1.29, 1.82) is 0 Å². The molecule has 23 heavy (non-hydrogen) atoms. The Morgan fingerprint density at radius 2 is 2.13 bits per heavy atom. The summed E-state index contributed by atoms with van der Waals surface area (Å²) in [6, 6.07) is 3.49. The largest absolute Gasteiger partial charge is 0.459 e. The standard InChI is InChI=1S/C17H27N3O3/c1-13(2)23-16(21)14-6-5-9-18-15(14)19-12-17(20(3)4)7-10-22-11-8-17/h5-6,9,13H,7-8,10-12H2,1-4H3,(H,18,19). The van der Waals surface area contributed by atoms with Crippen LogP contribution in [0.3, 0.4) is 0 Å². The number of ether oxygens (including phenoxy) is 2. The number of likely N-dealkylation sites (N-methyl/N-ethyl adjacent to an activating group) is 1. The van der Waals surface area contributed by atoms with Gasteiger partial charge in [-0.25, -0.2) is 9.78 Å². The highest BCUT2D eigenvalue weighted by molar-refractivity contribution is 5.94. The SMILES string of the molecule is CC(C)OC(=O)c1cccnc1NCC1(N(C)C)CCOCC1.